The van der Waals surface area contributed by atoms with Crippen LogP contribution >= 0.6 is 0 Å². The zero-order valence-electron chi connectivity index (χ0n) is 5.85. The topological polar surface area (TPSA) is 86.1 Å². The Morgan fingerprint density at radius 3 is 2.40 bits per heavy atom. The van der Waals surface area contributed by atoms with Gasteiger partial charge in [0.15, 0.2) is 0 Å². The van der Waals surface area contributed by atoms with Gasteiger partial charge < -0.3 is 5.11 Å². The third kappa shape index (κ3) is 2.48. The molecule has 0 unspecified atom stereocenters. The van der Waals surface area contributed by atoms with Crippen LogP contribution in [0.5, 0.6) is 0 Å². The van der Waals surface area contributed by atoms with Gasteiger partial charge in [0.2, 0.25) is 0 Å². The van der Waals surface area contributed by atoms with Crippen molar-refractivity contribution in [2.45, 2.75) is 26.0 Å². The first kappa shape index (κ1) is 8.94. The Morgan fingerprint density at radius 2 is 2.30 bits per heavy atom. The lowest BCUT2D eigenvalue weighted by molar-refractivity contribution is -0.120. The van der Waals surface area contributed by atoms with Crippen LogP contribution in [0, 0.1) is 0 Å². The van der Waals surface area contributed by atoms with Crippen LogP contribution in [-0.2, 0) is 4.79 Å². The quantitative estimate of drug-likeness (QED) is 0.357. The van der Waals surface area contributed by atoms with Crippen molar-refractivity contribution in [1.82, 2.24) is 0 Å². The average molecular weight is 143 g/mol. The first-order chi connectivity index (χ1) is 4.59. The highest BCUT2D eigenvalue weighted by Gasteiger charge is 2.17. The number of ketones is 1. The average Bonchev–Trinajstić information content (AvgIpc) is 1.81. The summed E-state index contributed by atoms with van der Waals surface area (Å²) in [5, 5.41) is 11.9. The molecule has 5 heteroatoms. The second kappa shape index (κ2) is 3.87. The molecule has 0 aliphatic heterocycles. The van der Waals surface area contributed by atoms with Crippen molar-refractivity contribution in [1.29, 1.82) is 0 Å². The number of carbonyl (C=O) groups excluding carboxylic acids is 1. The van der Waals surface area contributed by atoms with Gasteiger partial charge in [0.05, 0.1) is 6.10 Å². The number of Topliss-reactive ketones (excluding diaryl/α,β-unsaturated/α-hetero) is 1. The van der Waals surface area contributed by atoms with Crippen molar-refractivity contribution < 1.29 is 9.90 Å². The number of carbonyl (C=O) groups is 1. The minimum Gasteiger partial charge on any atom is -0.393 e. The molecule has 0 amide bonds. The van der Waals surface area contributed by atoms with Gasteiger partial charge in [0.1, 0.15) is 11.8 Å². The fraction of sp³-hybridized carbons (Fsp3) is 0.800. The largest absolute Gasteiger partial charge is 0.393 e. The van der Waals surface area contributed by atoms with Crippen LogP contribution in [0.3, 0.4) is 0 Å². The first-order valence-electron chi connectivity index (χ1n) is 2.82. The van der Waals surface area contributed by atoms with E-state index in [1.807, 2.05) is 0 Å². The summed E-state index contributed by atoms with van der Waals surface area (Å²) in [5.41, 5.74) is 7.93. The summed E-state index contributed by atoms with van der Waals surface area (Å²) in [7, 11) is 0. The molecule has 0 radical (unpaired) electrons. The van der Waals surface area contributed by atoms with Gasteiger partial charge in [-0.25, -0.2) is 0 Å². The van der Waals surface area contributed by atoms with Crippen molar-refractivity contribution in [3.05, 3.63) is 10.4 Å². The molecule has 0 aromatic rings. The Labute approximate surface area is 58.3 Å². The predicted molar refractivity (Wildman–Crippen MR) is 35.3 cm³/mol. The van der Waals surface area contributed by atoms with Crippen LogP contribution in [0.15, 0.2) is 5.11 Å². The molecule has 0 saturated carbocycles. The Hall–Kier alpha value is -1.06. The maximum atomic E-state index is 10.6. The normalized spacial score (nSPS) is 15.1. The van der Waals surface area contributed by atoms with Gasteiger partial charge in [-0.3, -0.25) is 4.79 Å². The lowest BCUT2D eigenvalue weighted by Gasteiger charge is -2.08. The SMILES string of the molecule is CC(=O)[C@@H](N=[N+]=[N-])[C@@H](C)O. The molecule has 0 heterocycles. The molecule has 2 atom stereocenters. The lowest BCUT2D eigenvalue weighted by atomic mass is 10.1. The van der Waals surface area contributed by atoms with Crippen molar-refractivity contribution in [3.63, 3.8) is 0 Å². The van der Waals surface area contributed by atoms with Gasteiger partial charge in [0.25, 0.3) is 0 Å². The van der Waals surface area contributed by atoms with Crippen LogP contribution in [0.2, 0.25) is 0 Å². The number of rotatable bonds is 3. The molecule has 0 fully saturated rings. The standard InChI is InChI=1S/C5H9N3O2/c1-3(9)5(4(2)10)7-8-6/h3,5,9H,1-2H3/t3-,5+/m1/s1. The molecular weight excluding hydrogens is 134 g/mol. The van der Waals surface area contributed by atoms with Gasteiger partial charge in [-0.05, 0) is 19.4 Å². The fourth-order valence-electron chi connectivity index (χ4n) is 0.573. The smallest absolute Gasteiger partial charge is 0.141 e. The highest BCUT2D eigenvalue weighted by Crippen LogP contribution is 1.99. The van der Waals surface area contributed by atoms with Crippen LogP contribution in [0.4, 0.5) is 0 Å². The van der Waals surface area contributed by atoms with Crippen molar-refractivity contribution in [2.75, 3.05) is 0 Å². The molecule has 0 aromatic carbocycles. The van der Waals surface area contributed by atoms with E-state index in [-0.39, 0.29) is 5.78 Å². The summed E-state index contributed by atoms with van der Waals surface area (Å²) >= 11 is 0. The van der Waals surface area contributed by atoms with E-state index >= 15 is 0 Å². The molecule has 0 spiro atoms. The van der Waals surface area contributed by atoms with Crippen molar-refractivity contribution in [3.8, 4) is 0 Å². The van der Waals surface area contributed by atoms with Gasteiger partial charge in [-0.15, -0.1) is 0 Å². The van der Waals surface area contributed by atoms with Crippen LogP contribution < -0.4 is 0 Å². The number of hydrogen-bond donors (Lipinski definition) is 1. The van der Waals surface area contributed by atoms with E-state index in [9.17, 15) is 4.79 Å². The lowest BCUT2D eigenvalue weighted by Crippen LogP contribution is -2.27. The van der Waals surface area contributed by atoms with Gasteiger partial charge in [-0.1, -0.05) is 5.11 Å². The summed E-state index contributed by atoms with van der Waals surface area (Å²) in [4.78, 5) is 13.0. The Bertz CT molecular complexity index is 170. The van der Waals surface area contributed by atoms with Crippen LogP contribution in [0.1, 0.15) is 13.8 Å². The van der Waals surface area contributed by atoms with Crippen molar-refractivity contribution >= 4 is 5.78 Å². The Balaban J connectivity index is 4.26. The second-order valence-corrected chi connectivity index (χ2v) is 2.00. The summed E-state index contributed by atoms with van der Waals surface area (Å²) in [6, 6.07) is -0.940. The second-order valence-electron chi connectivity index (χ2n) is 2.00. The van der Waals surface area contributed by atoms with Crippen molar-refractivity contribution in [2.24, 2.45) is 5.11 Å². The molecule has 0 aromatic heterocycles. The molecule has 0 saturated heterocycles. The Morgan fingerprint density at radius 1 is 1.80 bits per heavy atom. The summed E-state index contributed by atoms with van der Waals surface area (Å²) in [6.07, 6.45) is -0.909. The van der Waals surface area contributed by atoms with E-state index in [0.29, 0.717) is 0 Å². The minimum atomic E-state index is -0.940. The monoisotopic (exact) mass is 143 g/mol. The van der Waals surface area contributed by atoms with Gasteiger partial charge in [0, 0.05) is 4.91 Å². The van der Waals surface area contributed by atoms with E-state index in [0.717, 1.165) is 0 Å². The van der Waals surface area contributed by atoms with Gasteiger partial charge >= 0.3 is 0 Å². The molecule has 0 aliphatic carbocycles. The number of nitrogens with zero attached hydrogens (tertiary/aromatic N) is 3. The zero-order valence-corrected chi connectivity index (χ0v) is 5.85. The number of aliphatic hydroxyl groups is 1. The highest BCUT2D eigenvalue weighted by atomic mass is 16.3. The van der Waals surface area contributed by atoms with E-state index < -0.39 is 12.1 Å². The molecule has 1 N–H and O–H groups in total. The summed E-state index contributed by atoms with van der Waals surface area (Å²) in [6.45, 7) is 2.67. The highest BCUT2D eigenvalue weighted by molar-refractivity contribution is 5.82. The molecule has 0 aliphatic rings. The first-order valence-corrected chi connectivity index (χ1v) is 2.82. The van der Waals surface area contributed by atoms with E-state index in [1.54, 1.807) is 0 Å². The third-order valence-corrected chi connectivity index (χ3v) is 1.05. The van der Waals surface area contributed by atoms with E-state index in [1.165, 1.54) is 13.8 Å². The summed E-state index contributed by atoms with van der Waals surface area (Å²) < 4.78 is 0. The minimum absolute atomic E-state index is 0.326. The van der Waals surface area contributed by atoms with E-state index in [4.69, 9.17) is 10.6 Å². The summed E-state index contributed by atoms with van der Waals surface area (Å²) in [5.74, 6) is -0.326. The predicted octanol–water partition coefficient (Wildman–Crippen LogP) is 0.635. The molecule has 56 valence electrons. The molecule has 5 nitrogen and oxygen atoms in total. The number of hydrogen-bond acceptors (Lipinski definition) is 3. The molecule has 10 heavy (non-hydrogen) atoms. The molecule has 0 bridgehead atoms. The number of azide groups is 1. The molecule has 0 rings (SSSR count). The van der Waals surface area contributed by atoms with Crippen LogP contribution in [0.25, 0.3) is 10.4 Å². The molecular formula is C5H9N3O2. The van der Waals surface area contributed by atoms with E-state index in [2.05, 4.69) is 10.0 Å². The maximum absolute atomic E-state index is 10.6. The zero-order chi connectivity index (χ0) is 8.15. The Kier molecular flexibility index (Phi) is 3.46. The van der Waals surface area contributed by atoms with Gasteiger partial charge in [-0.2, -0.15) is 0 Å². The number of aliphatic hydroxyl groups excluding tert-OH is 1. The third-order valence-electron chi connectivity index (χ3n) is 1.05. The van der Waals surface area contributed by atoms with Crippen LogP contribution in [-0.4, -0.2) is 23.0 Å². The fourth-order valence-corrected chi connectivity index (χ4v) is 0.573. The maximum Gasteiger partial charge on any atom is 0.141 e.